The van der Waals surface area contributed by atoms with E-state index in [1.165, 1.54) is 19.3 Å². The molecule has 80 valence electrons. The van der Waals surface area contributed by atoms with Gasteiger partial charge in [0.05, 0.1) is 0 Å². The predicted molar refractivity (Wildman–Crippen MR) is 58.3 cm³/mol. The minimum Gasteiger partial charge on any atom is -0.340 e. The highest BCUT2D eigenvalue weighted by Gasteiger charge is 2.48. The molecule has 2 heterocycles. The van der Waals surface area contributed by atoms with E-state index in [9.17, 15) is 0 Å². The summed E-state index contributed by atoms with van der Waals surface area (Å²) in [5, 5.41) is 0.337. The molecule has 3 rings (SSSR count). The lowest BCUT2D eigenvalue weighted by Gasteiger charge is -2.15. The van der Waals surface area contributed by atoms with Crippen molar-refractivity contribution in [2.75, 3.05) is 18.0 Å². The zero-order chi connectivity index (χ0) is 10.5. The first kappa shape index (κ1) is 9.60. The third kappa shape index (κ3) is 1.76. The Hall–Kier alpha value is -0.610. The van der Waals surface area contributed by atoms with Gasteiger partial charge in [-0.3, -0.25) is 0 Å². The zero-order valence-corrected chi connectivity index (χ0v) is 9.59. The number of anilines is 1. The molecule has 6 heteroatoms. The summed E-state index contributed by atoms with van der Waals surface area (Å²) in [5.74, 6) is 0.615. The van der Waals surface area contributed by atoms with E-state index in [-0.39, 0.29) is 10.6 Å². The van der Waals surface area contributed by atoms with Gasteiger partial charge in [0, 0.05) is 13.1 Å². The van der Waals surface area contributed by atoms with Crippen LogP contribution in [-0.2, 0) is 0 Å². The molecule has 1 aliphatic heterocycles. The number of halogens is 2. The van der Waals surface area contributed by atoms with Gasteiger partial charge in [0.2, 0.25) is 16.5 Å². The summed E-state index contributed by atoms with van der Waals surface area (Å²) in [6, 6.07) is 0. The average molecular weight is 245 g/mol. The summed E-state index contributed by atoms with van der Waals surface area (Å²) in [7, 11) is 0. The van der Waals surface area contributed by atoms with Gasteiger partial charge in [0.15, 0.2) is 0 Å². The molecule has 2 fully saturated rings. The fourth-order valence-electron chi connectivity index (χ4n) is 2.15. The smallest absolute Gasteiger partial charge is 0.230 e. The van der Waals surface area contributed by atoms with Crippen molar-refractivity contribution in [2.24, 2.45) is 5.41 Å². The standard InChI is InChI=1S/C9H10Cl2N4/c10-6-12-7(11)14-8(13-6)15-4-3-9(5-15)1-2-9/h1-5H2. The van der Waals surface area contributed by atoms with E-state index >= 15 is 0 Å². The molecule has 4 nitrogen and oxygen atoms in total. The van der Waals surface area contributed by atoms with Crippen LogP contribution in [0, 0.1) is 5.41 Å². The van der Waals surface area contributed by atoms with Crippen molar-refractivity contribution in [3.8, 4) is 0 Å². The lowest BCUT2D eigenvalue weighted by atomic mass is 10.1. The van der Waals surface area contributed by atoms with E-state index < -0.39 is 0 Å². The highest BCUT2D eigenvalue weighted by Crippen LogP contribution is 2.53. The summed E-state index contributed by atoms with van der Waals surface area (Å²) in [5.41, 5.74) is 0.547. The number of hydrogen-bond donors (Lipinski definition) is 0. The van der Waals surface area contributed by atoms with Crippen LogP contribution in [0.4, 0.5) is 5.95 Å². The molecule has 0 unspecified atom stereocenters. The molecule has 1 spiro atoms. The number of rotatable bonds is 1. The van der Waals surface area contributed by atoms with Crippen molar-refractivity contribution < 1.29 is 0 Å². The molecule has 1 aliphatic carbocycles. The minimum absolute atomic E-state index is 0.168. The van der Waals surface area contributed by atoms with Gasteiger partial charge in [-0.05, 0) is 47.9 Å². The molecule has 1 saturated carbocycles. The first-order chi connectivity index (χ1) is 7.17. The Morgan fingerprint density at radius 1 is 1.00 bits per heavy atom. The maximum atomic E-state index is 5.74. The highest BCUT2D eigenvalue weighted by molar-refractivity contribution is 6.31. The molecule has 0 radical (unpaired) electrons. The Labute approximate surface area is 97.6 Å². The van der Waals surface area contributed by atoms with Crippen molar-refractivity contribution >= 4 is 29.2 Å². The lowest BCUT2D eigenvalue weighted by Crippen LogP contribution is -2.22. The van der Waals surface area contributed by atoms with Crippen molar-refractivity contribution in [2.45, 2.75) is 19.3 Å². The number of aromatic nitrogens is 3. The van der Waals surface area contributed by atoms with Gasteiger partial charge in [-0.1, -0.05) is 0 Å². The molecule has 0 N–H and O–H groups in total. The van der Waals surface area contributed by atoms with Crippen molar-refractivity contribution in [3.05, 3.63) is 10.6 Å². The fourth-order valence-corrected chi connectivity index (χ4v) is 2.50. The molecular formula is C9H10Cl2N4. The first-order valence-electron chi connectivity index (χ1n) is 4.99. The predicted octanol–water partition coefficient (Wildman–Crippen LogP) is 2.17. The normalized spacial score (nSPS) is 22.4. The van der Waals surface area contributed by atoms with Crippen LogP contribution in [0.25, 0.3) is 0 Å². The van der Waals surface area contributed by atoms with E-state index in [0.29, 0.717) is 11.4 Å². The molecule has 15 heavy (non-hydrogen) atoms. The van der Waals surface area contributed by atoms with Crippen LogP contribution < -0.4 is 4.90 Å². The van der Waals surface area contributed by atoms with Crippen molar-refractivity contribution in [3.63, 3.8) is 0 Å². The van der Waals surface area contributed by atoms with E-state index in [1.807, 2.05) is 0 Å². The van der Waals surface area contributed by atoms with Gasteiger partial charge in [0.25, 0.3) is 0 Å². The van der Waals surface area contributed by atoms with E-state index in [4.69, 9.17) is 23.2 Å². The largest absolute Gasteiger partial charge is 0.340 e. The van der Waals surface area contributed by atoms with Crippen LogP contribution in [0.3, 0.4) is 0 Å². The summed E-state index contributed by atoms with van der Waals surface area (Å²) < 4.78 is 0. The summed E-state index contributed by atoms with van der Waals surface area (Å²) >= 11 is 11.5. The first-order valence-corrected chi connectivity index (χ1v) is 5.75. The molecule has 2 aliphatic rings. The summed E-state index contributed by atoms with van der Waals surface area (Å²) in [4.78, 5) is 14.1. The van der Waals surface area contributed by atoms with Gasteiger partial charge in [0.1, 0.15) is 0 Å². The third-order valence-electron chi connectivity index (χ3n) is 3.25. The summed E-state index contributed by atoms with van der Waals surface area (Å²) in [6.07, 6.45) is 3.89. The fraction of sp³-hybridized carbons (Fsp3) is 0.667. The second kappa shape index (κ2) is 3.19. The zero-order valence-electron chi connectivity index (χ0n) is 8.08. The molecule has 0 amide bonds. The molecule has 0 aromatic carbocycles. The highest BCUT2D eigenvalue weighted by atomic mass is 35.5. The SMILES string of the molecule is Clc1nc(Cl)nc(N2CCC3(CC3)C2)n1. The molecule has 1 saturated heterocycles. The second-order valence-corrected chi connectivity index (χ2v) is 5.02. The monoisotopic (exact) mass is 244 g/mol. The number of hydrogen-bond acceptors (Lipinski definition) is 4. The molecule has 1 aromatic heterocycles. The van der Waals surface area contributed by atoms with E-state index in [2.05, 4.69) is 19.9 Å². The van der Waals surface area contributed by atoms with Crippen LogP contribution >= 0.6 is 23.2 Å². The molecule has 1 aromatic rings. The Balaban J connectivity index is 1.86. The Morgan fingerprint density at radius 2 is 1.67 bits per heavy atom. The van der Waals surface area contributed by atoms with Crippen LogP contribution in [0.5, 0.6) is 0 Å². The Kier molecular flexibility index (Phi) is 2.04. The summed E-state index contributed by atoms with van der Waals surface area (Å²) in [6.45, 7) is 2.03. The van der Waals surface area contributed by atoms with Gasteiger partial charge >= 0.3 is 0 Å². The van der Waals surface area contributed by atoms with Gasteiger partial charge in [-0.25, -0.2) is 0 Å². The van der Waals surface area contributed by atoms with Gasteiger partial charge in [-0.2, -0.15) is 15.0 Å². The van der Waals surface area contributed by atoms with Crippen LogP contribution in [-0.4, -0.2) is 28.0 Å². The van der Waals surface area contributed by atoms with Crippen molar-refractivity contribution in [1.82, 2.24) is 15.0 Å². The maximum Gasteiger partial charge on any atom is 0.230 e. The molecule has 0 atom stereocenters. The number of nitrogens with zero attached hydrogens (tertiary/aromatic N) is 4. The maximum absolute atomic E-state index is 5.74. The van der Waals surface area contributed by atoms with Gasteiger partial charge in [-0.15, -0.1) is 0 Å². The third-order valence-corrected chi connectivity index (χ3v) is 3.59. The van der Waals surface area contributed by atoms with E-state index in [1.54, 1.807) is 0 Å². The van der Waals surface area contributed by atoms with E-state index in [0.717, 1.165) is 13.1 Å². The topological polar surface area (TPSA) is 41.9 Å². The minimum atomic E-state index is 0.168. The average Bonchev–Trinajstić information content (AvgIpc) is 2.74. The lowest BCUT2D eigenvalue weighted by molar-refractivity contribution is 0.580. The van der Waals surface area contributed by atoms with Crippen LogP contribution in [0.1, 0.15) is 19.3 Å². The molecular weight excluding hydrogens is 235 g/mol. The Morgan fingerprint density at radius 3 is 2.20 bits per heavy atom. The second-order valence-electron chi connectivity index (χ2n) is 4.35. The van der Waals surface area contributed by atoms with Crippen molar-refractivity contribution in [1.29, 1.82) is 0 Å². The van der Waals surface area contributed by atoms with Gasteiger partial charge < -0.3 is 4.90 Å². The van der Waals surface area contributed by atoms with Crippen LogP contribution in [0.15, 0.2) is 0 Å². The van der Waals surface area contributed by atoms with Crippen LogP contribution in [0.2, 0.25) is 10.6 Å². The quantitative estimate of drug-likeness (QED) is 0.760. The Bertz CT molecular complexity index is 385. The molecule has 0 bridgehead atoms.